The number of benzene rings is 2. The van der Waals surface area contributed by atoms with Gasteiger partial charge in [-0.05, 0) is 41.5 Å². The zero-order valence-electron chi connectivity index (χ0n) is 13.1. The average molecular weight is 301 g/mol. The summed E-state index contributed by atoms with van der Waals surface area (Å²) in [5, 5.41) is 0. The lowest BCUT2D eigenvalue weighted by Crippen LogP contribution is -2.10. The first-order valence-electron chi connectivity index (χ1n) is 7.10. The van der Waals surface area contributed by atoms with Crippen molar-refractivity contribution in [3.05, 3.63) is 53.6 Å². The van der Waals surface area contributed by atoms with E-state index in [1.807, 2.05) is 24.3 Å². The number of hydrogen-bond donors (Lipinski definition) is 1. The van der Waals surface area contributed by atoms with Gasteiger partial charge in [0.05, 0.1) is 0 Å². The molecule has 0 atom stereocenters. The standard InChI is InChI=1S/C18H23NOS/c1-18(2,3)13-7-5-8-14(11-13)20-16-9-6-10-17(21-4)15(16)12-19/h5-11H,12,19H2,1-4H3. The van der Waals surface area contributed by atoms with Crippen molar-refractivity contribution in [1.29, 1.82) is 0 Å². The van der Waals surface area contributed by atoms with Crippen LogP contribution in [0.25, 0.3) is 0 Å². The number of thioether (sulfide) groups is 1. The van der Waals surface area contributed by atoms with Crippen molar-refractivity contribution in [3.63, 3.8) is 0 Å². The molecule has 0 fully saturated rings. The highest BCUT2D eigenvalue weighted by Gasteiger charge is 2.15. The van der Waals surface area contributed by atoms with Gasteiger partial charge in [0.2, 0.25) is 0 Å². The van der Waals surface area contributed by atoms with E-state index in [-0.39, 0.29) is 5.41 Å². The van der Waals surface area contributed by atoms with Gasteiger partial charge in [-0.3, -0.25) is 0 Å². The van der Waals surface area contributed by atoms with Crippen molar-refractivity contribution in [1.82, 2.24) is 0 Å². The van der Waals surface area contributed by atoms with E-state index in [1.165, 1.54) is 10.5 Å². The molecule has 2 nitrogen and oxygen atoms in total. The predicted molar refractivity (Wildman–Crippen MR) is 91.3 cm³/mol. The van der Waals surface area contributed by atoms with Gasteiger partial charge < -0.3 is 10.5 Å². The maximum atomic E-state index is 6.09. The molecule has 0 aliphatic rings. The van der Waals surface area contributed by atoms with Crippen LogP contribution in [0.1, 0.15) is 31.9 Å². The first kappa shape index (κ1) is 15.9. The van der Waals surface area contributed by atoms with Gasteiger partial charge in [0.25, 0.3) is 0 Å². The van der Waals surface area contributed by atoms with E-state index in [4.69, 9.17) is 10.5 Å². The number of hydrogen-bond acceptors (Lipinski definition) is 3. The fraction of sp³-hybridized carbons (Fsp3) is 0.333. The van der Waals surface area contributed by atoms with Crippen molar-refractivity contribution in [3.8, 4) is 11.5 Å². The largest absolute Gasteiger partial charge is 0.457 e. The van der Waals surface area contributed by atoms with Crippen LogP contribution in [0.3, 0.4) is 0 Å². The van der Waals surface area contributed by atoms with Crippen LogP contribution >= 0.6 is 11.8 Å². The van der Waals surface area contributed by atoms with Gasteiger partial charge in [-0.25, -0.2) is 0 Å². The molecule has 0 amide bonds. The number of nitrogens with two attached hydrogens (primary N) is 1. The topological polar surface area (TPSA) is 35.2 Å². The first-order chi connectivity index (χ1) is 9.95. The van der Waals surface area contributed by atoms with Gasteiger partial charge in [-0.1, -0.05) is 39.0 Å². The summed E-state index contributed by atoms with van der Waals surface area (Å²) in [5.74, 6) is 1.70. The molecule has 2 N–H and O–H groups in total. The molecule has 2 aromatic carbocycles. The summed E-state index contributed by atoms with van der Waals surface area (Å²) in [6, 6.07) is 14.3. The van der Waals surface area contributed by atoms with Gasteiger partial charge in [0, 0.05) is 17.0 Å². The Morgan fingerprint density at radius 2 is 1.81 bits per heavy atom. The molecule has 0 spiro atoms. The molecule has 2 rings (SSSR count). The van der Waals surface area contributed by atoms with Gasteiger partial charge in [-0.2, -0.15) is 0 Å². The molecule has 0 unspecified atom stereocenters. The molecule has 112 valence electrons. The van der Waals surface area contributed by atoms with E-state index >= 15 is 0 Å². The Kier molecular flexibility index (Phi) is 4.96. The van der Waals surface area contributed by atoms with E-state index in [2.05, 4.69) is 45.2 Å². The van der Waals surface area contributed by atoms with Crippen molar-refractivity contribution in [2.75, 3.05) is 6.26 Å². The van der Waals surface area contributed by atoms with Crippen molar-refractivity contribution in [2.45, 2.75) is 37.6 Å². The van der Waals surface area contributed by atoms with Crippen LogP contribution in [0.2, 0.25) is 0 Å². The summed E-state index contributed by atoms with van der Waals surface area (Å²) < 4.78 is 6.09. The number of ether oxygens (including phenoxy) is 1. The lowest BCUT2D eigenvalue weighted by molar-refractivity contribution is 0.470. The Labute approximate surface area is 131 Å². The molecule has 2 aromatic rings. The third-order valence-corrected chi connectivity index (χ3v) is 4.26. The monoisotopic (exact) mass is 301 g/mol. The van der Waals surface area contributed by atoms with E-state index in [0.29, 0.717) is 6.54 Å². The Morgan fingerprint density at radius 3 is 2.43 bits per heavy atom. The highest BCUT2D eigenvalue weighted by molar-refractivity contribution is 7.98. The molecule has 0 aliphatic carbocycles. The molecule has 0 heterocycles. The Bertz CT molecular complexity index is 617. The Hall–Kier alpha value is -1.45. The van der Waals surface area contributed by atoms with E-state index < -0.39 is 0 Å². The third kappa shape index (κ3) is 3.80. The van der Waals surface area contributed by atoms with Crippen LogP contribution in [-0.2, 0) is 12.0 Å². The lowest BCUT2D eigenvalue weighted by Gasteiger charge is -2.20. The molecule has 21 heavy (non-hydrogen) atoms. The van der Waals surface area contributed by atoms with Gasteiger partial charge in [0.15, 0.2) is 0 Å². The fourth-order valence-corrected chi connectivity index (χ4v) is 2.83. The maximum Gasteiger partial charge on any atom is 0.133 e. The second-order valence-electron chi connectivity index (χ2n) is 6.02. The first-order valence-corrected chi connectivity index (χ1v) is 8.32. The van der Waals surface area contributed by atoms with Crippen LogP contribution in [0.15, 0.2) is 47.4 Å². The molecule has 0 aromatic heterocycles. The second kappa shape index (κ2) is 6.54. The van der Waals surface area contributed by atoms with Crippen LogP contribution in [0.4, 0.5) is 0 Å². The zero-order valence-corrected chi connectivity index (χ0v) is 14.0. The second-order valence-corrected chi connectivity index (χ2v) is 6.87. The molecular formula is C18H23NOS. The minimum atomic E-state index is 0.108. The summed E-state index contributed by atoms with van der Waals surface area (Å²) in [5.41, 5.74) is 8.32. The lowest BCUT2D eigenvalue weighted by atomic mass is 9.87. The van der Waals surface area contributed by atoms with Crippen LogP contribution in [0, 0.1) is 0 Å². The molecule has 0 saturated carbocycles. The maximum absolute atomic E-state index is 6.09. The molecule has 0 bridgehead atoms. The summed E-state index contributed by atoms with van der Waals surface area (Å²) in [7, 11) is 0. The Morgan fingerprint density at radius 1 is 1.10 bits per heavy atom. The van der Waals surface area contributed by atoms with Gasteiger partial charge in [-0.15, -0.1) is 11.8 Å². The van der Waals surface area contributed by atoms with Crippen molar-refractivity contribution < 1.29 is 4.74 Å². The molecule has 0 radical (unpaired) electrons. The zero-order chi connectivity index (χ0) is 15.5. The average Bonchev–Trinajstić information content (AvgIpc) is 2.46. The molecular weight excluding hydrogens is 278 g/mol. The van der Waals surface area contributed by atoms with E-state index in [9.17, 15) is 0 Å². The smallest absolute Gasteiger partial charge is 0.133 e. The fourth-order valence-electron chi connectivity index (χ4n) is 2.19. The van der Waals surface area contributed by atoms with Crippen LogP contribution < -0.4 is 10.5 Å². The van der Waals surface area contributed by atoms with Crippen LogP contribution in [0.5, 0.6) is 11.5 Å². The summed E-state index contributed by atoms with van der Waals surface area (Å²) in [6.45, 7) is 7.08. The summed E-state index contributed by atoms with van der Waals surface area (Å²) in [6.07, 6.45) is 2.05. The Balaban J connectivity index is 2.35. The van der Waals surface area contributed by atoms with E-state index in [1.54, 1.807) is 11.8 Å². The van der Waals surface area contributed by atoms with Crippen molar-refractivity contribution in [2.24, 2.45) is 5.73 Å². The highest BCUT2D eigenvalue weighted by Crippen LogP contribution is 2.33. The summed E-state index contributed by atoms with van der Waals surface area (Å²) in [4.78, 5) is 1.17. The minimum absolute atomic E-state index is 0.108. The predicted octanol–water partition coefficient (Wildman–Crippen LogP) is 4.96. The summed E-state index contributed by atoms with van der Waals surface area (Å²) >= 11 is 1.69. The normalized spacial score (nSPS) is 11.5. The SMILES string of the molecule is CSc1cccc(Oc2cccc(C(C)(C)C)c2)c1CN. The molecule has 3 heteroatoms. The number of rotatable bonds is 4. The molecule has 0 aliphatic heterocycles. The van der Waals surface area contributed by atoms with Crippen molar-refractivity contribution >= 4 is 11.8 Å². The minimum Gasteiger partial charge on any atom is -0.457 e. The van der Waals surface area contributed by atoms with Gasteiger partial charge in [0.1, 0.15) is 11.5 Å². The third-order valence-electron chi connectivity index (χ3n) is 3.44. The molecule has 0 saturated heterocycles. The van der Waals surface area contributed by atoms with Gasteiger partial charge >= 0.3 is 0 Å². The quantitative estimate of drug-likeness (QED) is 0.811. The highest BCUT2D eigenvalue weighted by atomic mass is 32.2. The van der Waals surface area contributed by atoms with E-state index in [0.717, 1.165) is 17.1 Å². The van der Waals surface area contributed by atoms with Crippen LogP contribution in [-0.4, -0.2) is 6.26 Å².